The standard InChI is InChI=1S/C16H24N2O/c1-16(2)12-19-10-9-18(16)11-13-5-3-7-15-14(13)6-4-8-17-15/h3,5,7,17H,4,6,8-12H2,1-2H3. The second kappa shape index (κ2) is 5.14. The van der Waals surface area contributed by atoms with Crippen molar-refractivity contribution in [3.63, 3.8) is 0 Å². The molecule has 2 aliphatic heterocycles. The molecule has 0 saturated carbocycles. The highest BCUT2D eigenvalue weighted by atomic mass is 16.5. The lowest BCUT2D eigenvalue weighted by molar-refractivity contribution is -0.0553. The first kappa shape index (κ1) is 12.9. The second-order valence-corrected chi connectivity index (χ2v) is 6.26. The van der Waals surface area contributed by atoms with Gasteiger partial charge in [0.05, 0.1) is 13.2 Å². The number of nitrogens with one attached hydrogen (secondary N) is 1. The van der Waals surface area contributed by atoms with Gasteiger partial charge < -0.3 is 10.1 Å². The quantitative estimate of drug-likeness (QED) is 0.884. The third kappa shape index (κ3) is 2.63. The summed E-state index contributed by atoms with van der Waals surface area (Å²) < 4.78 is 5.61. The van der Waals surface area contributed by atoms with Crippen molar-refractivity contribution in [3.05, 3.63) is 29.3 Å². The van der Waals surface area contributed by atoms with Crippen LogP contribution < -0.4 is 5.32 Å². The molecule has 0 unspecified atom stereocenters. The smallest absolute Gasteiger partial charge is 0.0645 e. The van der Waals surface area contributed by atoms with E-state index in [1.54, 1.807) is 0 Å². The summed E-state index contributed by atoms with van der Waals surface area (Å²) in [5.74, 6) is 0. The van der Waals surface area contributed by atoms with Crippen molar-refractivity contribution in [2.45, 2.75) is 38.8 Å². The molecule has 0 aliphatic carbocycles. The first-order chi connectivity index (χ1) is 9.17. The zero-order valence-electron chi connectivity index (χ0n) is 12.0. The van der Waals surface area contributed by atoms with Gasteiger partial charge in [0.1, 0.15) is 0 Å². The number of morpholine rings is 1. The van der Waals surface area contributed by atoms with Gasteiger partial charge in [0.2, 0.25) is 0 Å². The van der Waals surface area contributed by atoms with Crippen LogP contribution in [0.25, 0.3) is 0 Å². The highest BCUT2D eigenvalue weighted by Gasteiger charge is 2.31. The summed E-state index contributed by atoms with van der Waals surface area (Å²) in [6.45, 7) is 9.43. The molecular formula is C16H24N2O. The number of rotatable bonds is 2. The molecule has 0 atom stereocenters. The lowest BCUT2D eigenvalue weighted by atomic mass is 9.95. The minimum Gasteiger partial charge on any atom is -0.385 e. The predicted octanol–water partition coefficient (Wildman–Crippen LogP) is 2.66. The van der Waals surface area contributed by atoms with Gasteiger partial charge in [-0.1, -0.05) is 12.1 Å². The van der Waals surface area contributed by atoms with Gasteiger partial charge in [-0.3, -0.25) is 4.90 Å². The first-order valence-corrected chi connectivity index (χ1v) is 7.34. The van der Waals surface area contributed by atoms with Crippen LogP contribution in [-0.2, 0) is 17.7 Å². The van der Waals surface area contributed by atoms with Crippen LogP contribution >= 0.6 is 0 Å². The molecule has 0 bridgehead atoms. The van der Waals surface area contributed by atoms with E-state index in [0.29, 0.717) is 0 Å². The summed E-state index contributed by atoms with van der Waals surface area (Å²) in [6.07, 6.45) is 2.46. The van der Waals surface area contributed by atoms with Gasteiger partial charge in [-0.15, -0.1) is 0 Å². The molecule has 0 radical (unpaired) electrons. The molecule has 1 fully saturated rings. The zero-order valence-corrected chi connectivity index (χ0v) is 12.0. The molecule has 0 amide bonds. The summed E-state index contributed by atoms with van der Waals surface area (Å²) in [6, 6.07) is 6.68. The molecule has 2 aliphatic rings. The van der Waals surface area contributed by atoms with Crippen LogP contribution in [0.3, 0.4) is 0 Å². The molecule has 19 heavy (non-hydrogen) atoms. The number of fused-ring (bicyclic) bond motifs is 1. The fraction of sp³-hybridized carbons (Fsp3) is 0.625. The minimum atomic E-state index is 0.142. The maximum atomic E-state index is 5.61. The third-order valence-electron chi connectivity index (χ3n) is 4.37. The molecule has 0 aromatic heterocycles. The average molecular weight is 260 g/mol. The molecule has 1 N–H and O–H groups in total. The molecule has 3 heteroatoms. The lowest BCUT2D eigenvalue weighted by Crippen LogP contribution is -2.52. The van der Waals surface area contributed by atoms with Gasteiger partial charge in [0.15, 0.2) is 0 Å². The number of anilines is 1. The van der Waals surface area contributed by atoms with Crippen molar-refractivity contribution < 1.29 is 4.74 Å². The Kier molecular flexibility index (Phi) is 3.50. The Morgan fingerprint density at radius 2 is 2.26 bits per heavy atom. The van der Waals surface area contributed by atoms with Crippen molar-refractivity contribution in [1.29, 1.82) is 0 Å². The van der Waals surface area contributed by atoms with Gasteiger partial charge in [0.25, 0.3) is 0 Å². The average Bonchev–Trinajstić information content (AvgIpc) is 2.41. The molecule has 1 aromatic rings. The van der Waals surface area contributed by atoms with E-state index in [0.717, 1.165) is 32.8 Å². The predicted molar refractivity (Wildman–Crippen MR) is 78.6 cm³/mol. The topological polar surface area (TPSA) is 24.5 Å². The molecule has 3 nitrogen and oxygen atoms in total. The number of nitrogens with zero attached hydrogens (tertiary/aromatic N) is 1. The summed E-state index contributed by atoms with van der Waals surface area (Å²) in [4.78, 5) is 2.56. The van der Waals surface area contributed by atoms with Crippen molar-refractivity contribution in [2.75, 3.05) is 31.6 Å². The summed E-state index contributed by atoms with van der Waals surface area (Å²) in [5, 5.41) is 3.52. The molecule has 3 rings (SSSR count). The highest BCUT2D eigenvalue weighted by molar-refractivity contribution is 5.56. The third-order valence-corrected chi connectivity index (χ3v) is 4.37. The molecule has 104 valence electrons. The minimum absolute atomic E-state index is 0.142. The second-order valence-electron chi connectivity index (χ2n) is 6.26. The fourth-order valence-corrected chi connectivity index (χ4v) is 3.12. The molecule has 1 saturated heterocycles. The van der Waals surface area contributed by atoms with E-state index in [-0.39, 0.29) is 5.54 Å². The van der Waals surface area contributed by atoms with Crippen LogP contribution in [0, 0.1) is 0 Å². The van der Waals surface area contributed by atoms with Crippen molar-refractivity contribution >= 4 is 5.69 Å². The van der Waals surface area contributed by atoms with Gasteiger partial charge in [0, 0.05) is 30.9 Å². The SMILES string of the molecule is CC1(C)COCCN1Cc1cccc2c1CCCN2. The van der Waals surface area contributed by atoms with Crippen LogP contribution in [0.4, 0.5) is 5.69 Å². The van der Waals surface area contributed by atoms with E-state index in [2.05, 4.69) is 42.3 Å². The van der Waals surface area contributed by atoms with Crippen LogP contribution in [0.2, 0.25) is 0 Å². The fourth-order valence-electron chi connectivity index (χ4n) is 3.12. The Balaban J connectivity index is 1.83. The Morgan fingerprint density at radius 3 is 3.11 bits per heavy atom. The monoisotopic (exact) mass is 260 g/mol. The largest absolute Gasteiger partial charge is 0.385 e. The molecule has 2 heterocycles. The van der Waals surface area contributed by atoms with E-state index in [4.69, 9.17) is 4.74 Å². The summed E-state index contributed by atoms with van der Waals surface area (Å²) in [7, 11) is 0. The van der Waals surface area contributed by atoms with Crippen LogP contribution in [0.1, 0.15) is 31.4 Å². The first-order valence-electron chi connectivity index (χ1n) is 7.34. The van der Waals surface area contributed by atoms with Crippen LogP contribution in [0.5, 0.6) is 0 Å². The van der Waals surface area contributed by atoms with Crippen LogP contribution in [-0.4, -0.2) is 36.7 Å². The van der Waals surface area contributed by atoms with Crippen LogP contribution in [0.15, 0.2) is 18.2 Å². The van der Waals surface area contributed by atoms with Crippen molar-refractivity contribution in [2.24, 2.45) is 0 Å². The van der Waals surface area contributed by atoms with E-state index >= 15 is 0 Å². The lowest BCUT2D eigenvalue weighted by Gasteiger charge is -2.42. The van der Waals surface area contributed by atoms with Gasteiger partial charge in [-0.05, 0) is 43.9 Å². The maximum absolute atomic E-state index is 5.61. The van der Waals surface area contributed by atoms with Gasteiger partial charge in [-0.2, -0.15) is 0 Å². The Morgan fingerprint density at radius 1 is 1.37 bits per heavy atom. The Hall–Kier alpha value is -1.06. The van der Waals surface area contributed by atoms with E-state index in [1.807, 2.05) is 0 Å². The van der Waals surface area contributed by atoms with Gasteiger partial charge >= 0.3 is 0 Å². The molecule has 0 spiro atoms. The number of ether oxygens (including phenoxy) is 1. The number of hydrogen-bond donors (Lipinski definition) is 1. The summed E-state index contributed by atoms with van der Waals surface area (Å²) >= 11 is 0. The van der Waals surface area contributed by atoms with E-state index in [9.17, 15) is 0 Å². The van der Waals surface area contributed by atoms with Crippen molar-refractivity contribution in [1.82, 2.24) is 4.90 Å². The van der Waals surface area contributed by atoms with Crippen molar-refractivity contribution in [3.8, 4) is 0 Å². The molecule has 1 aromatic carbocycles. The maximum Gasteiger partial charge on any atom is 0.0645 e. The van der Waals surface area contributed by atoms with E-state index < -0.39 is 0 Å². The highest BCUT2D eigenvalue weighted by Crippen LogP contribution is 2.29. The Labute approximate surface area is 115 Å². The number of benzene rings is 1. The zero-order chi connectivity index (χ0) is 13.3. The molecular weight excluding hydrogens is 236 g/mol. The summed E-state index contributed by atoms with van der Waals surface area (Å²) in [5.41, 5.74) is 4.49. The van der Waals surface area contributed by atoms with E-state index in [1.165, 1.54) is 29.7 Å². The number of hydrogen-bond acceptors (Lipinski definition) is 3. The van der Waals surface area contributed by atoms with Gasteiger partial charge in [-0.25, -0.2) is 0 Å². The Bertz CT molecular complexity index is 456. The normalized spacial score (nSPS) is 22.6.